The number of aliphatic hydroxyl groups excluding tert-OH is 3. The third-order valence-electron chi connectivity index (χ3n) is 12.0. The summed E-state index contributed by atoms with van der Waals surface area (Å²) in [6, 6.07) is -0.235. The van der Waals surface area contributed by atoms with Crippen molar-refractivity contribution >= 4 is 5.97 Å². The van der Waals surface area contributed by atoms with Crippen LogP contribution in [0.15, 0.2) is 11.3 Å². The van der Waals surface area contributed by atoms with Crippen molar-refractivity contribution in [3.05, 3.63) is 11.3 Å². The number of hydrogen-bond donors (Lipinski definition) is 4. The average molecular weight is 716 g/mol. The molecule has 3 saturated heterocycles. The van der Waals surface area contributed by atoms with Gasteiger partial charge < -0.3 is 58.5 Å². The highest BCUT2D eigenvalue weighted by atomic mass is 16.7. The molecule has 2 bridgehead atoms. The van der Waals surface area contributed by atoms with E-state index in [9.17, 15) is 25.2 Å². The molecule has 3 fully saturated rings. The maximum absolute atomic E-state index is 14.1. The molecule has 4 aliphatic rings. The minimum atomic E-state index is -1.82. The van der Waals surface area contributed by atoms with Crippen LogP contribution in [0.1, 0.15) is 94.9 Å². The van der Waals surface area contributed by atoms with Crippen molar-refractivity contribution in [1.82, 2.24) is 4.90 Å². The zero-order valence-corrected chi connectivity index (χ0v) is 32.4. The number of fused-ring (bicyclic) bond motifs is 2. The topological polar surface area (TPSA) is 166 Å². The summed E-state index contributed by atoms with van der Waals surface area (Å²) in [5, 5.41) is 45.9. The van der Waals surface area contributed by atoms with E-state index in [-0.39, 0.29) is 25.0 Å². The molecule has 13 nitrogen and oxygen atoms in total. The zero-order chi connectivity index (χ0) is 37.7. The van der Waals surface area contributed by atoms with Gasteiger partial charge in [0.1, 0.15) is 41.4 Å². The molecule has 0 amide bonds. The third kappa shape index (κ3) is 7.93. The molecule has 13 heteroatoms. The minimum Gasteiger partial charge on any atom is -0.489 e. The van der Waals surface area contributed by atoms with Gasteiger partial charge in [0.15, 0.2) is 12.6 Å². The zero-order valence-electron chi connectivity index (χ0n) is 32.4. The van der Waals surface area contributed by atoms with Gasteiger partial charge in [0.05, 0.1) is 35.9 Å². The first-order valence-corrected chi connectivity index (χ1v) is 18.3. The van der Waals surface area contributed by atoms with Gasteiger partial charge in [0.2, 0.25) is 0 Å². The molecule has 4 N–H and O–H groups in total. The number of rotatable bonds is 7. The largest absolute Gasteiger partial charge is 0.489 e. The maximum atomic E-state index is 14.1. The van der Waals surface area contributed by atoms with E-state index in [1.54, 1.807) is 34.6 Å². The minimum absolute atomic E-state index is 0.173. The number of nitrogens with zero attached hydrogens (tertiary/aromatic N) is 1. The Morgan fingerprint density at radius 3 is 2.18 bits per heavy atom. The quantitative estimate of drug-likeness (QED) is 0.285. The number of carbonyl (C=O) groups excluding carboxylic acids is 1. The normalized spacial score (nSPS) is 49.5. The van der Waals surface area contributed by atoms with Crippen LogP contribution in [0.2, 0.25) is 0 Å². The molecule has 4 aliphatic heterocycles. The molecule has 0 saturated carbocycles. The maximum Gasteiger partial charge on any atom is 0.311 e. The molecular formula is C37H65NO12. The van der Waals surface area contributed by atoms with E-state index in [0.717, 1.165) is 5.57 Å². The highest BCUT2D eigenvalue weighted by molar-refractivity contribution is 5.73. The molecule has 4 rings (SSSR count). The summed E-state index contributed by atoms with van der Waals surface area (Å²) in [5.74, 6) is -2.31. The fourth-order valence-electron chi connectivity index (χ4n) is 8.73. The molecule has 0 spiro atoms. The molecule has 4 heterocycles. The van der Waals surface area contributed by atoms with Crippen molar-refractivity contribution in [1.29, 1.82) is 0 Å². The van der Waals surface area contributed by atoms with Crippen LogP contribution in [0.5, 0.6) is 0 Å². The Morgan fingerprint density at radius 2 is 1.60 bits per heavy atom. The lowest BCUT2D eigenvalue weighted by Gasteiger charge is -2.48. The molecule has 0 aromatic heterocycles. The lowest BCUT2D eigenvalue weighted by molar-refractivity contribution is -0.316. The lowest BCUT2D eigenvalue weighted by atomic mass is 9.78. The smallest absolute Gasteiger partial charge is 0.311 e. The number of cyclic esters (lactones) is 1. The molecule has 0 aromatic carbocycles. The lowest BCUT2D eigenvalue weighted by Crippen LogP contribution is -2.60. The Balaban J connectivity index is 1.84. The first-order valence-electron chi connectivity index (χ1n) is 18.3. The van der Waals surface area contributed by atoms with Crippen molar-refractivity contribution < 1.29 is 58.4 Å². The third-order valence-corrected chi connectivity index (χ3v) is 12.0. The highest BCUT2D eigenvalue weighted by Crippen LogP contribution is 2.47. The average Bonchev–Trinajstić information content (AvgIpc) is 3.37. The second-order valence-electron chi connectivity index (χ2n) is 16.3. The van der Waals surface area contributed by atoms with Gasteiger partial charge in [-0.3, -0.25) is 4.79 Å². The van der Waals surface area contributed by atoms with E-state index >= 15 is 0 Å². The summed E-state index contributed by atoms with van der Waals surface area (Å²) in [6.07, 6.45) is -7.39. The van der Waals surface area contributed by atoms with Gasteiger partial charge in [-0.15, -0.1) is 0 Å². The van der Waals surface area contributed by atoms with Gasteiger partial charge in [-0.1, -0.05) is 20.8 Å². The Bertz CT molecular complexity index is 1210. The summed E-state index contributed by atoms with van der Waals surface area (Å²) in [6.45, 7) is 18.0. The number of carbonyl (C=O) groups is 1. The number of hydrogen-bond acceptors (Lipinski definition) is 13. The fraction of sp³-hybridized carbons (Fsp3) is 0.919. The second kappa shape index (κ2) is 15.5. The SMILES string of the molecule is CC[C@H]1OC(=O)[C@H](C)[C@@H](O[C@H]2C[C@@](C)(OC)[C@@H](O)[C@H](C)O2)[C@H](C)[C@@H](O[C@@H]2O[C@H](C)C[C@H](N(C)C)[C@H]2O)C2(C)CC(C)=C(O2)[C@H](C)[C@@H](O)[C@]1(C)O. The van der Waals surface area contributed by atoms with Gasteiger partial charge in [-0.05, 0) is 81.0 Å². The van der Waals surface area contributed by atoms with E-state index in [0.29, 0.717) is 18.6 Å². The molecule has 17 atom stereocenters. The number of ether oxygens (including phenoxy) is 7. The fourth-order valence-corrected chi connectivity index (χ4v) is 8.73. The molecular weight excluding hydrogens is 650 g/mol. The summed E-state index contributed by atoms with van der Waals surface area (Å²) in [7, 11) is 5.34. The number of esters is 1. The Labute approximate surface area is 298 Å². The summed E-state index contributed by atoms with van der Waals surface area (Å²) in [4.78, 5) is 16.1. The Kier molecular flexibility index (Phi) is 12.8. The van der Waals surface area contributed by atoms with E-state index in [2.05, 4.69) is 0 Å². The van der Waals surface area contributed by atoms with Crippen molar-refractivity contribution in [2.45, 2.75) is 179 Å². The Hall–Kier alpha value is -1.39. The number of likely N-dealkylation sites (N-methyl/N-ethyl adjacent to an activating group) is 1. The van der Waals surface area contributed by atoms with Crippen LogP contribution in [0.4, 0.5) is 0 Å². The van der Waals surface area contributed by atoms with Crippen LogP contribution in [0, 0.1) is 17.8 Å². The Morgan fingerprint density at radius 1 is 0.960 bits per heavy atom. The van der Waals surface area contributed by atoms with E-state index in [4.69, 9.17) is 33.2 Å². The van der Waals surface area contributed by atoms with Crippen molar-refractivity contribution in [3.63, 3.8) is 0 Å². The number of aliphatic hydroxyl groups is 4. The van der Waals surface area contributed by atoms with Gasteiger partial charge in [0.25, 0.3) is 0 Å². The molecule has 290 valence electrons. The van der Waals surface area contributed by atoms with Crippen LogP contribution in [-0.4, -0.2) is 137 Å². The van der Waals surface area contributed by atoms with E-state index in [1.165, 1.54) is 14.0 Å². The van der Waals surface area contributed by atoms with Crippen LogP contribution in [-0.2, 0) is 38.0 Å². The van der Waals surface area contributed by atoms with Crippen LogP contribution >= 0.6 is 0 Å². The first-order chi connectivity index (χ1) is 23.1. The first kappa shape index (κ1) is 41.4. The summed E-state index contributed by atoms with van der Waals surface area (Å²) >= 11 is 0. The summed E-state index contributed by atoms with van der Waals surface area (Å²) in [5.41, 5.74) is -3.00. The van der Waals surface area contributed by atoms with Crippen LogP contribution < -0.4 is 0 Å². The molecule has 1 unspecified atom stereocenters. The predicted molar refractivity (Wildman–Crippen MR) is 184 cm³/mol. The van der Waals surface area contributed by atoms with Crippen molar-refractivity contribution in [3.8, 4) is 0 Å². The molecule has 0 aromatic rings. The van der Waals surface area contributed by atoms with Gasteiger partial charge in [-0.2, -0.15) is 0 Å². The molecule has 50 heavy (non-hydrogen) atoms. The monoisotopic (exact) mass is 715 g/mol. The van der Waals surface area contributed by atoms with Crippen molar-refractivity contribution in [2.24, 2.45) is 17.8 Å². The van der Waals surface area contributed by atoms with Gasteiger partial charge in [-0.25, -0.2) is 0 Å². The van der Waals surface area contributed by atoms with Crippen molar-refractivity contribution in [2.75, 3.05) is 21.2 Å². The van der Waals surface area contributed by atoms with E-state index in [1.807, 2.05) is 46.7 Å². The highest BCUT2D eigenvalue weighted by Gasteiger charge is 2.56. The van der Waals surface area contributed by atoms with Crippen LogP contribution in [0.25, 0.3) is 0 Å². The van der Waals surface area contributed by atoms with Crippen LogP contribution in [0.3, 0.4) is 0 Å². The van der Waals surface area contributed by atoms with E-state index < -0.39 is 95.8 Å². The summed E-state index contributed by atoms with van der Waals surface area (Å²) < 4.78 is 44.6. The molecule has 0 aliphatic carbocycles. The van der Waals surface area contributed by atoms with Gasteiger partial charge >= 0.3 is 5.97 Å². The number of methoxy groups -OCH3 is 1. The second-order valence-corrected chi connectivity index (χ2v) is 16.3. The molecule has 0 radical (unpaired) electrons. The predicted octanol–water partition coefficient (Wildman–Crippen LogP) is 2.89. The standard InChI is InChI=1S/C37H65NO12/c1-14-25-37(10,43)30(40)20(4)28-18(2)16-36(9,50-28)32(49-34-27(39)24(38(11)12)15-19(3)45-34)21(5)29(22(6)33(42)47-25)48-26-17-35(8,44-13)31(41)23(7)46-26/h19-27,29-32,34,39-41,43H,14-17H2,1-13H3/t19-,20+,21+,22-,23+,24+,25-,26+,27-,29+,30-,31+,32-,34+,35-,36?,37-/m1/s1. The van der Waals surface area contributed by atoms with Gasteiger partial charge in [0, 0.05) is 37.8 Å².